The first-order chi connectivity index (χ1) is 14.2. The SMILES string of the molecule is COc1cc(CCC(=O)N[C@@H](c2ccccc2)c2cccs2)cc(OC)c1OC. The molecule has 0 aliphatic carbocycles. The first kappa shape index (κ1) is 20.7. The predicted octanol–water partition coefficient (Wildman–Crippen LogP) is 4.61. The van der Waals surface area contributed by atoms with Crippen LogP contribution < -0.4 is 19.5 Å². The highest BCUT2D eigenvalue weighted by atomic mass is 32.1. The van der Waals surface area contributed by atoms with E-state index in [0.29, 0.717) is 30.1 Å². The van der Waals surface area contributed by atoms with Gasteiger partial charge in [-0.1, -0.05) is 36.4 Å². The summed E-state index contributed by atoms with van der Waals surface area (Å²) >= 11 is 1.63. The van der Waals surface area contributed by atoms with Crippen molar-refractivity contribution in [3.05, 3.63) is 76.0 Å². The third kappa shape index (κ3) is 5.09. The Balaban J connectivity index is 1.72. The number of aryl methyl sites for hydroxylation is 1. The average molecular weight is 412 g/mol. The van der Waals surface area contributed by atoms with Gasteiger partial charge in [0.2, 0.25) is 11.7 Å². The van der Waals surface area contributed by atoms with Gasteiger partial charge in [-0.15, -0.1) is 11.3 Å². The summed E-state index contributed by atoms with van der Waals surface area (Å²) in [6.07, 6.45) is 0.918. The molecule has 0 radical (unpaired) electrons. The van der Waals surface area contributed by atoms with E-state index in [2.05, 4.69) is 5.32 Å². The highest BCUT2D eigenvalue weighted by Gasteiger charge is 2.18. The van der Waals surface area contributed by atoms with Crippen LogP contribution in [0.15, 0.2) is 60.0 Å². The topological polar surface area (TPSA) is 56.8 Å². The van der Waals surface area contributed by atoms with Crippen molar-refractivity contribution in [2.24, 2.45) is 0 Å². The smallest absolute Gasteiger partial charge is 0.221 e. The Morgan fingerprint density at radius 3 is 2.21 bits per heavy atom. The number of benzene rings is 2. The van der Waals surface area contributed by atoms with Crippen LogP contribution in [-0.4, -0.2) is 27.2 Å². The largest absolute Gasteiger partial charge is 0.493 e. The molecule has 0 bridgehead atoms. The van der Waals surface area contributed by atoms with Gasteiger partial charge in [-0.05, 0) is 41.1 Å². The van der Waals surface area contributed by atoms with Crippen molar-refractivity contribution >= 4 is 17.2 Å². The Morgan fingerprint density at radius 1 is 0.966 bits per heavy atom. The van der Waals surface area contributed by atoms with Crippen molar-refractivity contribution in [2.45, 2.75) is 18.9 Å². The summed E-state index contributed by atoms with van der Waals surface area (Å²) in [5.41, 5.74) is 2.01. The standard InChI is InChI=1S/C23H25NO4S/c1-26-18-14-16(15-19(27-2)23(18)28-3)11-12-21(25)24-22(20-10-7-13-29-20)17-8-5-4-6-9-17/h4-10,13-15,22H,11-12H2,1-3H3,(H,24,25)/t22-/m0/s1. The third-order valence-electron chi connectivity index (χ3n) is 4.63. The summed E-state index contributed by atoms with van der Waals surface area (Å²) in [7, 11) is 4.74. The summed E-state index contributed by atoms with van der Waals surface area (Å²) in [4.78, 5) is 13.8. The summed E-state index contributed by atoms with van der Waals surface area (Å²) in [6, 6.07) is 17.7. The number of hydrogen-bond acceptors (Lipinski definition) is 5. The molecular formula is C23H25NO4S. The maximum atomic E-state index is 12.7. The van der Waals surface area contributed by atoms with Crippen LogP contribution in [0.2, 0.25) is 0 Å². The fourth-order valence-electron chi connectivity index (χ4n) is 3.19. The second kappa shape index (κ2) is 9.98. The quantitative estimate of drug-likeness (QED) is 0.559. The molecule has 1 heterocycles. The van der Waals surface area contributed by atoms with E-state index >= 15 is 0 Å². The summed E-state index contributed by atoms with van der Waals surface area (Å²) in [6.45, 7) is 0. The van der Waals surface area contributed by atoms with Gasteiger partial charge in [0, 0.05) is 11.3 Å². The van der Waals surface area contributed by atoms with Crippen LogP contribution >= 0.6 is 11.3 Å². The number of carbonyl (C=O) groups excluding carboxylic acids is 1. The van der Waals surface area contributed by atoms with Crippen LogP contribution in [0.25, 0.3) is 0 Å². The molecule has 152 valence electrons. The van der Waals surface area contributed by atoms with Crippen molar-refractivity contribution in [1.82, 2.24) is 5.32 Å². The minimum absolute atomic E-state index is 0.0130. The fourth-order valence-corrected chi connectivity index (χ4v) is 3.99. The van der Waals surface area contributed by atoms with Gasteiger partial charge < -0.3 is 19.5 Å². The molecule has 1 aromatic heterocycles. The summed E-state index contributed by atoms with van der Waals surface area (Å²) < 4.78 is 16.1. The van der Waals surface area contributed by atoms with E-state index in [4.69, 9.17) is 14.2 Å². The molecule has 29 heavy (non-hydrogen) atoms. The Hall–Kier alpha value is -2.99. The molecule has 3 rings (SSSR count). The Labute approximate surface area is 175 Å². The van der Waals surface area contributed by atoms with Crippen molar-refractivity contribution < 1.29 is 19.0 Å². The highest BCUT2D eigenvalue weighted by Crippen LogP contribution is 2.38. The number of hydrogen-bond donors (Lipinski definition) is 1. The second-order valence-corrected chi connectivity index (χ2v) is 7.44. The number of amides is 1. The number of rotatable bonds is 9. The van der Waals surface area contributed by atoms with Crippen molar-refractivity contribution in [2.75, 3.05) is 21.3 Å². The van der Waals surface area contributed by atoms with E-state index in [9.17, 15) is 4.79 Å². The highest BCUT2D eigenvalue weighted by molar-refractivity contribution is 7.10. The minimum Gasteiger partial charge on any atom is -0.493 e. The predicted molar refractivity (Wildman–Crippen MR) is 115 cm³/mol. The number of carbonyl (C=O) groups is 1. The number of thiophene rings is 1. The Kier molecular flexibility index (Phi) is 7.14. The van der Waals surface area contributed by atoms with Gasteiger partial charge in [0.1, 0.15) is 0 Å². The molecule has 3 aromatic rings. The van der Waals surface area contributed by atoms with Crippen molar-refractivity contribution in [3.63, 3.8) is 0 Å². The second-order valence-electron chi connectivity index (χ2n) is 6.46. The molecular weight excluding hydrogens is 386 g/mol. The lowest BCUT2D eigenvalue weighted by atomic mass is 10.0. The molecule has 5 nitrogen and oxygen atoms in total. The normalized spacial score (nSPS) is 11.6. The Bertz CT molecular complexity index is 900. The molecule has 0 spiro atoms. The molecule has 0 saturated carbocycles. The lowest BCUT2D eigenvalue weighted by Gasteiger charge is -2.18. The third-order valence-corrected chi connectivity index (χ3v) is 5.57. The van der Waals surface area contributed by atoms with E-state index in [1.807, 2.05) is 60.0 Å². The van der Waals surface area contributed by atoms with E-state index < -0.39 is 0 Å². The molecule has 6 heteroatoms. The van der Waals surface area contributed by atoms with Gasteiger partial charge in [0.15, 0.2) is 11.5 Å². The average Bonchev–Trinajstić information content (AvgIpc) is 3.30. The summed E-state index contributed by atoms with van der Waals surface area (Å²) in [5.74, 6) is 1.71. The van der Waals surface area contributed by atoms with Gasteiger partial charge in [-0.25, -0.2) is 0 Å². The van der Waals surface area contributed by atoms with Crippen LogP contribution in [0.3, 0.4) is 0 Å². The molecule has 1 N–H and O–H groups in total. The van der Waals surface area contributed by atoms with Gasteiger partial charge in [0.05, 0.1) is 27.4 Å². The molecule has 0 fully saturated rings. The lowest BCUT2D eigenvalue weighted by molar-refractivity contribution is -0.121. The Morgan fingerprint density at radius 2 is 1.66 bits per heavy atom. The van der Waals surface area contributed by atoms with Gasteiger partial charge >= 0.3 is 0 Å². The van der Waals surface area contributed by atoms with Crippen LogP contribution in [-0.2, 0) is 11.2 Å². The van der Waals surface area contributed by atoms with Gasteiger partial charge in [-0.2, -0.15) is 0 Å². The van der Waals surface area contributed by atoms with Crippen molar-refractivity contribution in [1.29, 1.82) is 0 Å². The first-order valence-electron chi connectivity index (χ1n) is 9.32. The number of nitrogens with one attached hydrogen (secondary N) is 1. The monoisotopic (exact) mass is 411 g/mol. The first-order valence-corrected chi connectivity index (χ1v) is 10.2. The molecule has 1 atom stereocenters. The van der Waals surface area contributed by atoms with E-state index in [-0.39, 0.29) is 11.9 Å². The number of ether oxygens (including phenoxy) is 3. The van der Waals surface area contributed by atoms with Crippen LogP contribution in [0.1, 0.15) is 28.5 Å². The van der Waals surface area contributed by atoms with Gasteiger partial charge in [0.25, 0.3) is 0 Å². The lowest BCUT2D eigenvalue weighted by Crippen LogP contribution is -2.29. The fraction of sp³-hybridized carbons (Fsp3) is 0.261. The van der Waals surface area contributed by atoms with Crippen LogP contribution in [0.5, 0.6) is 17.2 Å². The molecule has 1 amide bonds. The molecule has 0 unspecified atom stereocenters. The maximum Gasteiger partial charge on any atom is 0.221 e. The van der Waals surface area contributed by atoms with Crippen LogP contribution in [0, 0.1) is 0 Å². The van der Waals surface area contributed by atoms with E-state index in [1.165, 1.54) is 0 Å². The maximum absolute atomic E-state index is 12.7. The number of methoxy groups -OCH3 is 3. The molecule has 0 saturated heterocycles. The zero-order valence-corrected chi connectivity index (χ0v) is 17.6. The van der Waals surface area contributed by atoms with Crippen LogP contribution in [0.4, 0.5) is 0 Å². The van der Waals surface area contributed by atoms with E-state index in [1.54, 1.807) is 32.7 Å². The molecule has 0 aliphatic rings. The zero-order chi connectivity index (χ0) is 20.6. The molecule has 2 aromatic carbocycles. The van der Waals surface area contributed by atoms with Crippen molar-refractivity contribution in [3.8, 4) is 17.2 Å². The molecule has 0 aliphatic heterocycles. The summed E-state index contributed by atoms with van der Waals surface area (Å²) in [5, 5.41) is 5.19. The van der Waals surface area contributed by atoms with E-state index in [0.717, 1.165) is 16.0 Å². The minimum atomic E-state index is -0.149. The van der Waals surface area contributed by atoms with Gasteiger partial charge in [-0.3, -0.25) is 4.79 Å². The zero-order valence-electron chi connectivity index (χ0n) is 16.8.